The van der Waals surface area contributed by atoms with Crippen LogP contribution in [-0.2, 0) is 11.8 Å². The molecule has 0 amide bonds. The van der Waals surface area contributed by atoms with E-state index >= 15 is 0 Å². The SMILES string of the molecule is CNC[C@@H](O)COc1ccc(Cl)c(-c2nc(-c3c(C)c(Br)nn3C)c(C)c(N3CC4(CC(OC)C4)C3)n2)c1. The summed E-state index contributed by atoms with van der Waals surface area (Å²) in [5.74, 6) is 2.02. The van der Waals surface area contributed by atoms with Crippen LogP contribution in [0.5, 0.6) is 5.75 Å². The van der Waals surface area contributed by atoms with E-state index < -0.39 is 6.10 Å². The minimum Gasteiger partial charge on any atom is -0.491 e. The van der Waals surface area contributed by atoms with E-state index in [4.69, 9.17) is 31.0 Å². The van der Waals surface area contributed by atoms with Gasteiger partial charge >= 0.3 is 0 Å². The highest BCUT2D eigenvalue weighted by Crippen LogP contribution is 2.51. The number of nitrogens with zero attached hydrogens (tertiary/aromatic N) is 5. The van der Waals surface area contributed by atoms with Gasteiger partial charge in [-0.3, -0.25) is 4.68 Å². The Balaban J connectivity index is 1.54. The summed E-state index contributed by atoms with van der Waals surface area (Å²) in [6, 6.07) is 5.41. The number of aromatic nitrogens is 4. The number of hydrogen-bond acceptors (Lipinski definition) is 8. The zero-order valence-corrected chi connectivity index (χ0v) is 24.7. The Kier molecular flexibility index (Phi) is 7.72. The van der Waals surface area contributed by atoms with E-state index in [2.05, 4.69) is 38.2 Å². The molecule has 3 heterocycles. The second-order valence-electron chi connectivity index (χ2n) is 10.5. The van der Waals surface area contributed by atoms with Gasteiger partial charge in [0.2, 0.25) is 0 Å². The molecule has 1 aliphatic heterocycles. The maximum absolute atomic E-state index is 10.1. The van der Waals surface area contributed by atoms with Crippen molar-refractivity contribution in [3.8, 4) is 28.5 Å². The number of aryl methyl sites for hydroxylation is 1. The maximum Gasteiger partial charge on any atom is 0.163 e. The largest absolute Gasteiger partial charge is 0.491 e. The van der Waals surface area contributed by atoms with E-state index in [0.717, 1.165) is 58.9 Å². The third-order valence-corrected chi connectivity index (χ3v) is 8.72. The Morgan fingerprint density at radius 3 is 2.61 bits per heavy atom. The topological polar surface area (TPSA) is 97.6 Å². The van der Waals surface area contributed by atoms with Gasteiger partial charge in [-0.15, -0.1) is 0 Å². The Hall–Kier alpha value is -2.24. The summed E-state index contributed by atoms with van der Waals surface area (Å²) in [4.78, 5) is 12.4. The molecular formula is C27H34BrClN6O3. The van der Waals surface area contributed by atoms with Gasteiger partial charge < -0.3 is 24.8 Å². The van der Waals surface area contributed by atoms with Gasteiger partial charge in [-0.25, -0.2) is 9.97 Å². The second kappa shape index (κ2) is 10.7. The van der Waals surface area contributed by atoms with Gasteiger partial charge in [0.1, 0.15) is 28.9 Å². The molecule has 1 spiro atoms. The van der Waals surface area contributed by atoms with Gasteiger partial charge in [-0.1, -0.05) is 11.6 Å². The van der Waals surface area contributed by atoms with Crippen LogP contribution in [0.4, 0.5) is 5.82 Å². The molecule has 1 saturated carbocycles. The number of anilines is 1. The van der Waals surface area contributed by atoms with Crippen LogP contribution >= 0.6 is 27.5 Å². The quantitative estimate of drug-likeness (QED) is 0.376. The third kappa shape index (κ3) is 5.04. The standard InChI is InChI=1S/C27H34BrClN6O3/c1-15-22(23-16(2)24(28)33-34(23)4)31-25(32-26(15)35-13-27(14-35)9-19(10-27)37-5)20-8-18(6-7-21(20)29)38-12-17(36)11-30-3/h6-8,17,19,30,36H,9-14H2,1-5H3/t17-/m1/s1. The van der Waals surface area contributed by atoms with Crippen molar-refractivity contribution in [2.75, 3.05) is 45.3 Å². The third-order valence-electron chi connectivity index (χ3n) is 7.64. The number of aliphatic hydroxyl groups excluding tert-OH is 1. The van der Waals surface area contributed by atoms with Crippen LogP contribution in [0, 0.1) is 19.3 Å². The van der Waals surface area contributed by atoms with E-state index in [1.165, 1.54) is 0 Å². The summed E-state index contributed by atoms with van der Waals surface area (Å²) in [5, 5.41) is 18.1. The normalized spacial score (nSPS) is 17.4. The first-order valence-electron chi connectivity index (χ1n) is 12.8. The summed E-state index contributed by atoms with van der Waals surface area (Å²) < 4.78 is 14.0. The van der Waals surface area contributed by atoms with Crippen molar-refractivity contribution < 1.29 is 14.6 Å². The molecule has 2 aliphatic rings. The fourth-order valence-corrected chi connectivity index (χ4v) is 6.22. The molecule has 11 heteroatoms. The number of halogens is 2. The van der Waals surface area contributed by atoms with Crippen LogP contribution in [0.15, 0.2) is 22.8 Å². The molecule has 9 nitrogen and oxygen atoms in total. The van der Waals surface area contributed by atoms with Crippen LogP contribution < -0.4 is 15.0 Å². The number of rotatable bonds is 9. The molecule has 2 fully saturated rings. The molecule has 2 N–H and O–H groups in total. The van der Waals surface area contributed by atoms with Crippen LogP contribution in [0.2, 0.25) is 5.02 Å². The molecule has 38 heavy (non-hydrogen) atoms. The van der Waals surface area contributed by atoms with E-state index in [9.17, 15) is 5.11 Å². The lowest BCUT2D eigenvalue weighted by Crippen LogP contribution is -2.64. The lowest BCUT2D eigenvalue weighted by molar-refractivity contribution is -0.0733. The van der Waals surface area contributed by atoms with Gasteiger partial charge in [0.25, 0.3) is 0 Å². The van der Waals surface area contributed by atoms with Gasteiger partial charge in [0.15, 0.2) is 5.82 Å². The lowest BCUT2D eigenvalue weighted by Gasteiger charge is -2.59. The van der Waals surface area contributed by atoms with E-state index in [1.807, 2.05) is 24.7 Å². The summed E-state index contributed by atoms with van der Waals surface area (Å²) in [5.41, 5.74) is 4.74. The Morgan fingerprint density at radius 1 is 1.24 bits per heavy atom. The van der Waals surface area contributed by atoms with Crippen LogP contribution in [0.1, 0.15) is 24.0 Å². The van der Waals surface area contributed by atoms with Gasteiger partial charge in [-0.05, 0) is 67.9 Å². The van der Waals surface area contributed by atoms with E-state index in [-0.39, 0.29) is 6.61 Å². The molecule has 0 radical (unpaired) electrons. The van der Waals surface area contributed by atoms with Gasteiger partial charge in [-0.2, -0.15) is 5.10 Å². The molecule has 1 atom stereocenters. The molecule has 3 aromatic rings. The number of methoxy groups -OCH3 is 1. The Labute approximate surface area is 236 Å². The highest BCUT2D eigenvalue weighted by molar-refractivity contribution is 9.10. The number of aliphatic hydroxyl groups is 1. The minimum absolute atomic E-state index is 0.160. The highest BCUT2D eigenvalue weighted by Gasteiger charge is 2.53. The lowest BCUT2D eigenvalue weighted by atomic mass is 9.61. The predicted octanol–water partition coefficient (Wildman–Crippen LogP) is 4.15. The summed E-state index contributed by atoms with van der Waals surface area (Å²) in [7, 11) is 5.50. The molecule has 1 saturated heterocycles. The molecule has 204 valence electrons. The fraction of sp³-hybridized carbons (Fsp3) is 0.519. The second-order valence-corrected chi connectivity index (χ2v) is 11.7. The average molecular weight is 606 g/mol. The van der Waals surface area contributed by atoms with Crippen molar-refractivity contribution in [1.82, 2.24) is 25.1 Å². The summed E-state index contributed by atoms with van der Waals surface area (Å²) in [6.07, 6.45) is 1.91. The van der Waals surface area contributed by atoms with E-state index in [1.54, 1.807) is 26.3 Å². The zero-order valence-electron chi connectivity index (χ0n) is 22.4. The monoisotopic (exact) mass is 604 g/mol. The maximum atomic E-state index is 10.1. The number of likely N-dealkylation sites (N-methyl/N-ethyl adjacent to an activating group) is 1. The fourth-order valence-electron chi connectivity index (χ4n) is 5.59. The number of benzene rings is 1. The zero-order chi connectivity index (χ0) is 27.2. The van der Waals surface area contributed by atoms with Crippen LogP contribution in [0.25, 0.3) is 22.8 Å². The first-order chi connectivity index (χ1) is 18.1. The van der Waals surface area contributed by atoms with Gasteiger partial charge in [0, 0.05) is 55.9 Å². The van der Waals surface area contributed by atoms with Crippen LogP contribution in [0.3, 0.4) is 0 Å². The molecule has 0 bridgehead atoms. The van der Waals surface area contributed by atoms with Crippen molar-refractivity contribution in [3.05, 3.63) is 39.0 Å². The molecular weight excluding hydrogens is 572 g/mol. The summed E-state index contributed by atoms with van der Waals surface area (Å²) >= 11 is 10.3. The smallest absolute Gasteiger partial charge is 0.163 e. The average Bonchev–Trinajstić information content (AvgIpc) is 3.09. The predicted molar refractivity (Wildman–Crippen MR) is 152 cm³/mol. The van der Waals surface area contributed by atoms with Crippen LogP contribution in [-0.4, -0.2) is 77.5 Å². The number of ether oxygens (including phenoxy) is 2. The van der Waals surface area contributed by atoms with Crippen molar-refractivity contribution in [1.29, 1.82) is 0 Å². The van der Waals surface area contributed by atoms with Crippen molar-refractivity contribution >= 4 is 33.3 Å². The first-order valence-corrected chi connectivity index (χ1v) is 13.9. The number of hydrogen-bond donors (Lipinski definition) is 2. The first kappa shape index (κ1) is 27.3. The molecule has 0 unspecified atom stereocenters. The minimum atomic E-state index is -0.623. The molecule has 2 aromatic heterocycles. The van der Waals surface area contributed by atoms with Gasteiger partial charge in [0.05, 0.1) is 22.5 Å². The van der Waals surface area contributed by atoms with Crippen molar-refractivity contribution in [2.24, 2.45) is 12.5 Å². The van der Waals surface area contributed by atoms with Crippen molar-refractivity contribution in [2.45, 2.75) is 38.9 Å². The van der Waals surface area contributed by atoms with E-state index in [0.29, 0.717) is 40.2 Å². The summed E-state index contributed by atoms with van der Waals surface area (Å²) in [6.45, 7) is 6.59. The molecule has 5 rings (SSSR count). The highest BCUT2D eigenvalue weighted by atomic mass is 79.9. The number of nitrogens with one attached hydrogen (secondary N) is 1. The Bertz CT molecular complexity index is 1330. The Morgan fingerprint density at radius 2 is 1.97 bits per heavy atom. The van der Waals surface area contributed by atoms with Crippen molar-refractivity contribution in [3.63, 3.8) is 0 Å². The molecule has 1 aliphatic carbocycles. The molecule has 1 aromatic carbocycles.